The third kappa shape index (κ3) is 2.34. The van der Waals surface area contributed by atoms with E-state index in [1.165, 1.54) is 0 Å². The molecule has 0 aliphatic rings. The summed E-state index contributed by atoms with van der Waals surface area (Å²) in [5, 5.41) is 0. The van der Waals surface area contributed by atoms with Crippen LogP contribution >= 0.6 is 0 Å². The third-order valence-electron chi connectivity index (χ3n) is 1.89. The summed E-state index contributed by atoms with van der Waals surface area (Å²) in [6, 6.07) is 0.220. The molecule has 0 bridgehead atoms. The summed E-state index contributed by atoms with van der Waals surface area (Å²) in [5.74, 6) is 1.72. The van der Waals surface area contributed by atoms with E-state index in [4.69, 9.17) is 10.2 Å². The fourth-order valence-corrected chi connectivity index (χ4v) is 0.997. The van der Waals surface area contributed by atoms with Gasteiger partial charge in [0.25, 0.3) is 0 Å². The Balaban J connectivity index is 2.53. The minimum Gasteiger partial charge on any atom is -0.446 e. The molecule has 0 unspecified atom stereocenters. The van der Waals surface area contributed by atoms with Crippen molar-refractivity contribution in [1.82, 2.24) is 4.98 Å². The molecule has 0 aliphatic carbocycles. The van der Waals surface area contributed by atoms with E-state index >= 15 is 0 Å². The molecule has 0 spiro atoms. The number of hydrogen-bond donors (Lipinski definition) is 1. The number of rotatable bonds is 3. The van der Waals surface area contributed by atoms with Gasteiger partial charge in [-0.3, -0.25) is 0 Å². The smallest absolute Gasteiger partial charge is 0.194 e. The molecule has 3 nitrogen and oxygen atoms in total. The Bertz CT molecular complexity index is 234. The molecule has 12 heavy (non-hydrogen) atoms. The molecule has 0 aromatic carbocycles. The van der Waals surface area contributed by atoms with Crippen LogP contribution in [-0.4, -0.2) is 11.0 Å². The van der Waals surface area contributed by atoms with Gasteiger partial charge in [0.1, 0.15) is 5.76 Å². The molecule has 2 N–H and O–H groups in total. The van der Waals surface area contributed by atoms with Gasteiger partial charge >= 0.3 is 0 Å². The Hall–Kier alpha value is -0.830. The van der Waals surface area contributed by atoms with E-state index in [1.807, 2.05) is 20.8 Å². The average molecular weight is 168 g/mol. The van der Waals surface area contributed by atoms with Crippen LogP contribution in [0.2, 0.25) is 0 Å². The summed E-state index contributed by atoms with van der Waals surface area (Å²) < 4.78 is 5.40. The van der Waals surface area contributed by atoms with Crippen LogP contribution in [0.5, 0.6) is 0 Å². The lowest BCUT2D eigenvalue weighted by Crippen LogP contribution is -2.15. The van der Waals surface area contributed by atoms with Crippen molar-refractivity contribution in [2.75, 3.05) is 0 Å². The summed E-state index contributed by atoms with van der Waals surface area (Å²) >= 11 is 0. The van der Waals surface area contributed by atoms with Crippen LogP contribution in [0.15, 0.2) is 4.42 Å². The van der Waals surface area contributed by atoms with Gasteiger partial charge in [0.15, 0.2) is 5.89 Å². The maximum absolute atomic E-state index is 5.62. The second kappa shape index (κ2) is 3.72. The highest BCUT2D eigenvalue weighted by Gasteiger charge is 2.05. The van der Waals surface area contributed by atoms with E-state index in [2.05, 4.69) is 4.98 Å². The van der Waals surface area contributed by atoms with Crippen LogP contribution in [0.25, 0.3) is 0 Å². The number of aryl methyl sites for hydroxylation is 3. The van der Waals surface area contributed by atoms with Crippen molar-refractivity contribution >= 4 is 0 Å². The standard InChI is InChI=1S/C9H16N2O/c1-6(10)4-5-9-11-7(2)8(3)12-9/h6H,4-5,10H2,1-3H3/t6-/m1/s1. The van der Waals surface area contributed by atoms with E-state index in [0.29, 0.717) is 0 Å². The van der Waals surface area contributed by atoms with Crippen molar-refractivity contribution in [2.24, 2.45) is 5.73 Å². The Morgan fingerprint density at radius 2 is 2.17 bits per heavy atom. The number of oxazole rings is 1. The van der Waals surface area contributed by atoms with E-state index < -0.39 is 0 Å². The molecule has 0 radical (unpaired) electrons. The normalized spacial score (nSPS) is 13.3. The molecule has 0 saturated heterocycles. The fourth-order valence-electron chi connectivity index (χ4n) is 0.997. The lowest BCUT2D eigenvalue weighted by atomic mass is 10.2. The Morgan fingerprint density at radius 3 is 2.58 bits per heavy atom. The van der Waals surface area contributed by atoms with Gasteiger partial charge in [-0.1, -0.05) is 0 Å². The van der Waals surface area contributed by atoms with Gasteiger partial charge < -0.3 is 10.2 Å². The van der Waals surface area contributed by atoms with E-state index in [1.54, 1.807) is 0 Å². The van der Waals surface area contributed by atoms with E-state index in [9.17, 15) is 0 Å². The second-order valence-electron chi connectivity index (χ2n) is 3.27. The second-order valence-corrected chi connectivity index (χ2v) is 3.27. The molecule has 0 amide bonds. The zero-order chi connectivity index (χ0) is 9.14. The third-order valence-corrected chi connectivity index (χ3v) is 1.89. The fraction of sp³-hybridized carbons (Fsp3) is 0.667. The van der Waals surface area contributed by atoms with Gasteiger partial charge in [-0.15, -0.1) is 0 Å². The first kappa shape index (κ1) is 9.26. The van der Waals surface area contributed by atoms with Crippen LogP contribution < -0.4 is 5.73 Å². The van der Waals surface area contributed by atoms with Crippen LogP contribution in [0.3, 0.4) is 0 Å². The molecule has 3 heteroatoms. The molecule has 1 aromatic heterocycles. The van der Waals surface area contributed by atoms with Gasteiger partial charge in [0.05, 0.1) is 5.69 Å². The molecule has 0 fully saturated rings. The van der Waals surface area contributed by atoms with Gasteiger partial charge in [-0.05, 0) is 27.2 Å². The largest absolute Gasteiger partial charge is 0.446 e. The molecule has 68 valence electrons. The summed E-state index contributed by atoms with van der Waals surface area (Å²) in [6.45, 7) is 5.87. The van der Waals surface area contributed by atoms with Crippen molar-refractivity contribution in [3.05, 3.63) is 17.3 Å². The van der Waals surface area contributed by atoms with Gasteiger partial charge in [0.2, 0.25) is 0 Å². The summed E-state index contributed by atoms with van der Waals surface area (Å²) in [6.07, 6.45) is 1.77. The number of aromatic nitrogens is 1. The van der Waals surface area contributed by atoms with Crippen LogP contribution in [0.1, 0.15) is 30.7 Å². The monoisotopic (exact) mass is 168 g/mol. The lowest BCUT2D eigenvalue weighted by Gasteiger charge is -1.99. The predicted octanol–water partition coefficient (Wildman–Crippen LogP) is 1.57. The Labute approximate surface area is 73.0 Å². The minimum absolute atomic E-state index is 0.220. The minimum atomic E-state index is 0.220. The molecular formula is C9H16N2O. The zero-order valence-electron chi connectivity index (χ0n) is 7.92. The molecule has 1 rings (SSSR count). The quantitative estimate of drug-likeness (QED) is 0.745. The van der Waals surface area contributed by atoms with Crippen LogP contribution in [0.4, 0.5) is 0 Å². The van der Waals surface area contributed by atoms with Gasteiger partial charge in [-0.25, -0.2) is 4.98 Å². The van der Waals surface area contributed by atoms with Crippen molar-refractivity contribution in [2.45, 2.75) is 39.7 Å². The van der Waals surface area contributed by atoms with Crippen molar-refractivity contribution in [3.63, 3.8) is 0 Å². The Kier molecular flexibility index (Phi) is 2.87. The van der Waals surface area contributed by atoms with E-state index in [0.717, 1.165) is 30.2 Å². The first-order chi connectivity index (χ1) is 5.59. The maximum Gasteiger partial charge on any atom is 0.194 e. The summed E-state index contributed by atoms with van der Waals surface area (Å²) in [7, 11) is 0. The van der Waals surface area contributed by atoms with Gasteiger partial charge in [-0.2, -0.15) is 0 Å². The molecule has 0 aliphatic heterocycles. The Morgan fingerprint density at radius 1 is 1.50 bits per heavy atom. The lowest BCUT2D eigenvalue weighted by molar-refractivity contribution is 0.456. The highest BCUT2D eigenvalue weighted by molar-refractivity contribution is 5.05. The highest BCUT2D eigenvalue weighted by atomic mass is 16.4. The maximum atomic E-state index is 5.62. The van der Waals surface area contributed by atoms with Crippen molar-refractivity contribution < 1.29 is 4.42 Å². The number of nitrogens with zero attached hydrogens (tertiary/aromatic N) is 1. The zero-order valence-corrected chi connectivity index (χ0v) is 7.92. The summed E-state index contributed by atoms with van der Waals surface area (Å²) in [5.41, 5.74) is 6.60. The molecular weight excluding hydrogens is 152 g/mol. The average Bonchev–Trinajstić information content (AvgIpc) is 2.28. The highest BCUT2D eigenvalue weighted by Crippen LogP contribution is 2.10. The predicted molar refractivity (Wildman–Crippen MR) is 47.9 cm³/mol. The van der Waals surface area contributed by atoms with Crippen LogP contribution in [-0.2, 0) is 6.42 Å². The topological polar surface area (TPSA) is 52.0 Å². The SMILES string of the molecule is Cc1nc(CC[C@@H](C)N)oc1C. The number of nitrogens with two attached hydrogens (primary N) is 1. The van der Waals surface area contributed by atoms with E-state index in [-0.39, 0.29) is 6.04 Å². The molecule has 1 aromatic rings. The van der Waals surface area contributed by atoms with Crippen molar-refractivity contribution in [1.29, 1.82) is 0 Å². The molecule has 1 atom stereocenters. The molecule has 1 heterocycles. The summed E-state index contributed by atoms with van der Waals surface area (Å²) in [4.78, 5) is 4.26. The van der Waals surface area contributed by atoms with Crippen molar-refractivity contribution in [3.8, 4) is 0 Å². The molecule has 0 saturated carbocycles. The number of hydrogen-bond acceptors (Lipinski definition) is 3. The van der Waals surface area contributed by atoms with Crippen LogP contribution in [0, 0.1) is 13.8 Å². The van der Waals surface area contributed by atoms with Gasteiger partial charge in [0, 0.05) is 12.5 Å². The first-order valence-electron chi connectivity index (χ1n) is 4.28. The first-order valence-corrected chi connectivity index (χ1v) is 4.28.